The molecule has 1 saturated heterocycles. The lowest BCUT2D eigenvalue weighted by Gasteiger charge is -2.35. The van der Waals surface area contributed by atoms with E-state index in [4.69, 9.17) is 4.74 Å². The Labute approximate surface area is 129 Å². The van der Waals surface area contributed by atoms with E-state index >= 15 is 0 Å². The highest BCUT2D eigenvalue weighted by Crippen LogP contribution is 2.31. The smallest absolute Gasteiger partial charge is 0.123 e. The molecule has 0 aromatic heterocycles. The Morgan fingerprint density at radius 3 is 2.90 bits per heavy atom. The number of hydrogen-bond donors (Lipinski definition) is 1. The highest BCUT2D eigenvalue weighted by Gasteiger charge is 2.28. The lowest BCUT2D eigenvalue weighted by molar-refractivity contribution is 0.105. The fourth-order valence-corrected chi connectivity index (χ4v) is 3.77. The fourth-order valence-electron chi connectivity index (χ4n) is 3.36. The van der Waals surface area contributed by atoms with E-state index in [0.29, 0.717) is 6.10 Å². The summed E-state index contributed by atoms with van der Waals surface area (Å²) in [5.41, 5.74) is 1.34. The molecule has 2 aliphatic heterocycles. The molecule has 0 radical (unpaired) electrons. The van der Waals surface area contributed by atoms with Crippen LogP contribution in [-0.2, 0) is 6.42 Å². The zero-order valence-corrected chi connectivity index (χ0v) is 13.7. The van der Waals surface area contributed by atoms with Gasteiger partial charge in [-0.3, -0.25) is 4.90 Å². The van der Waals surface area contributed by atoms with Crippen molar-refractivity contribution in [2.24, 2.45) is 0 Å². The van der Waals surface area contributed by atoms with Gasteiger partial charge in [-0.05, 0) is 56.2 Å². The van der Waals surface area contributed by atoms with Gasteiger partial charge in [0.2, 0.25) is 0 Å². The van der Waals surface area contributed by atoms with Crippen LogP contribution in [0.3, 0.4) is 0 Å². The summed E-state index contributed by atoms with van der Waals surface area (Å²) >= 11 is 3.54. The molecule has 4 heteroatoms. The second kappa shape index (κ2) is 6.46. The van der Waals surface area contributed by atoms with Crippen LogP contribution < -0.4 is 10.1 Å². The van der Waals surface area contributed by atoms with Crippen molar-refractivity contribution in [3.8, 4) is 5.75 Å². The SMILES string of the molecule is CCN(CC1Cc2cc(Br)ccc2O1)C1CCNCC1. The molecule has 1 fully saturated rings. The van der Waals surface area contributed by atoms with Crippen LogP contribution in [0.5, 0.6) is 5.75 Å². The number of hydrogen-bond acceptors (Lipinski definition) is 3. The van der Waals surface area contributed by atoms with E-state index in [0.717, 1.165) is 48.9 Å². The Kier molecular flexibility index (Phi) is 4.64. The van der Waals surface area contributed by atoms with E-state index in [9.17, 15) is 0 Å². The van der Waals surface area contributed by atoms with Crippen LogP contribution in [-0.4, -0.2) is 43.2 Å². The third kappa shape index (κ3) is 3.18. The van der Waals surface area contributed by atoms with Gasteiger partial charge in [-0.1, -0.05) is 22.9 Å². The van der Waals surface area contributed by atoms with Gasteiger partial charge in [0.1, 0.15) is 11.9 Å². The van der Waals surface area contributed by atoms with Gasteiger partial charge < -0.3 is 10.1 Å². The van der Waals surface area contributed by atoms with Crippen molar-refractivity contribution in [1.29, 1.82) is 0 Å². The van der Waals surface area contributed by atoms with E-state index in [1.807, 2.05) is 0 Å². The summed E-state index contributed by atoms with van der Waals surface area (Å²) in [4.78, 5) is 2.60. The lowest BCUT2D eigenvalue weighted by atomic mass is 10.0. The van der Waals surface area contributed by atoms with Gasteiger partial charge in [-0.15, -0.1) is 0 Å². The predicted molar refractivity (Wildman–Crippen MR) is 85.4 cm³/mol. The number of rotatable bonds is 4. The van der Waals surface area contributed by atoms with E-state index in [1.165, 1.54) is 18.4 Å². The second-order valence-electron chi connectivity index (χ2n) is 5.76. The van der Waals surface area contributed by atoms with Crippen molar-refractivity contribution >= 4 is 15.9 Å². The molecule has 1 N–H and O–H groups in total. The Morgan fingerprint density at radius 2 is 2.15 bits per heavy atom. The van der Waals surface area contributed by atoms with Crippen molar-refractivity contribution in [3.63, 3.8) is 0 Å². The number of ether oxygens (including phenoxy) is 1. The Hall–Kier alpha value is -0.580. The molecule has 0 saturated carbocycles. The summed E-state index contributed by atoms with van der Waals surface area (Å²) in [7, 11) is 0. The number of nitrogens with one attached hydrogen (secondary N) is 1. The number of benzene rings is 1. The zero-order valence-electron chi connectivity index (χ0n) is 12.1. The molecule has 20 heavy (non-hydrogen) atoms. The molecule has 0 amide bonds. The van der Waals surface area contributed by atoms with Crippen LogP contribution in [0.15, 0.2) is 22.7 Å². The number of piperidine rings is 1. The minimum Gasteiger partial charge on any atom is -0.488 e. The van der Waals surface area contributed by atoms with Gasteiger partial charge >= 0.3 is 0 Å². The first-order valence-corrected chi connectivity index (χ1v) is 8.45. The molecule has 110 valence electrons. The summed E-state index contributed by atoms with van der Waals surface area (Å²) in [6.07, 6.45) is 3.88. The van der Waals surface area contributed by atoms with E-state index in [1.54, 1.807) is 0 Å². The number of fused-ring (bicyclic) bond motifs is 1. The zero-order chi connectivity index (χ0) is 13.9. The van der Waals surface area contributed by atoms with Gasteiger partial charge in [0.25, 0.3) is 0 Å². The minimum atomic E-state index is 0.314. The van der Waals surface area contributed by atoms with E-state index < -0.39 is 0 Å². The number of nitrogens with zero attached hydrogens (tertiary/aromatic N) is 1. The van der Waals surface area contributed by atoms with E-state index in [2.05, 4.69) is 51.3 Å². The lowest BCUT2D eigenvalue weighted by Crippen LogP contribution is -2.46. The van der Waals surface area contributed by atoms with Gasteiger partial charge in [-0.25, -0.2) is 0 Å². The molecular weight excluding hydrogens is 316 g/mol. The van der Waals surface area contributed by atoms with Crippen LogP contribution in [0, 0.1) is 0 Å². The standard InChI is InChI=1S/C16H23BrN2O/c1-2-19(14-5-7-18-8-6-14)11-15-10-12-9-13(17)3-4-16(12)20-15/h3-4,9,14-15,18H,2,5-8,10-11H2,1H3. The van der Waals surface area contributed by atoms with Crippen molar-refractivity contribution in [3.05, 3.63) is 28.2 Å². The minimum absolute atomic E-state index is 0.314. The normalized spacial score (nSPS) is 22.9. The molecule has 0 aliphatic carbocycles. The highest BCUT2D eigenvalue weighted by molar-refractivity contribution is 9.10. The monoisotopic (exact) mass is 338 g/mol. The largest absolute Gasteiger partial charge is 0.488 e. The summed E-state index contributed by atoms with van der Waals surface area (Å²) < 4.78 is 7.25. The van der Waals surface area contributed by atoms with Crippen LogP contribution in [0.2, 0.25) is 0 Å². The molecule has 1 atom stereocenters. The van der Waals surface area contributed by atoms with Gasteiger partial charge in [0, 0.05) is 23.5 Å². The molecule has 1 aromatic rings. The van der Waals surface area contributed by atoms with Crippen molar-refractivity contribution in [1.82, 2.24) is 10.2 Å². The Morgan fingerprint density at radius 1 is 1.35 bits per heavy atom. The maximum atomic E-state index is 6.11. The van der Waals surface area contributed by atoms with Crippen molar-refractivity contribution in [2.45, 2.75) is 38.3 Å². The Balaban J connectivity index is 1.60. The Bertz CT molecular complexity index is 460. The van der Waals surface area contributed by atoms with Crippen LogP contribution in [0.25, 0.3) is 0 Å². The fraction of sp³-hybridized carbons (Fsp3) is 0.625. The maximum Gasteiger partial charge on any atom is 0.123 e. The van der Waals surface area contributed by atoms with E-state index in [-0.39, 0.29) is 0 Å². The van der Waals surface area contributed by atoms with Gasteiger partial charge in [0.15, 0.2) is 0 Å². The molecule has 3 rings (SSSR count). The highest BCUT2D eigenvalue weighted by atomic mass is 79.9. The molecule has 3 nitrogen and oxygen atoms in total. The average molecular weight is 339 g/mol. The van der Waals surface area contributed by atoms with Crippen molar-refractivity contribution in [2.75, 3.05) is 26.2 Å². The van der Waals surface area contributed by atoms with Crippen molar-refractivity contribution < 1.29 is 4.74 Å². The molecule has 2 aliphatic rings. The van der Waals surface area contributed by atoms with Gasteiger partial charge in [0.05, 0.1) is 0 Å². The number of likely N-dealkylation sites (N-methyl/N-ethyl adjacent to an activating group) is 1. The predicted octanol–water partition coefficient (Wildman–Crippen LogP) is 2.83. The first-order chi connectivity index (χ1) is 9.76. The molecule has 0 spiro atoms. The van der Waals surface area contributed by atoms with Crippen LogP contribution in [0.4, 0.5) is 0 Å². The molecule has 0 bridgehead atoms. The average Bonchev–Trinajstić information content (AvgIpc) is 2.87. The summed E-state index contributed by atoms with van der Waals surface area (Å²) in [6.45, 7) is 6.73. The topological polar surface area (TPSA) is 24.5 Å². The van der Waals surface area contributed by atoms with Crippen LogP contribution >= 0.6 is 15.9 Å². The third-order valence-electron chi connectivity index (χ3n) is 4.43. The first kappa shape index (κ1) is 14.4. The van der Waals surface area contributed by atoms with Gasteiger partial charge in [-0.2, -0.15) is 0 Å². The number of halogens is 1. The maximum absolute atomic E-state index is 6.11. The quantitative estimate of drug-likeness (QED) is 0.913. The summed E-state index contributed by atoms with van der Waals surface area (Å²) in [5, 5.41) is 3.44. The summed E-state index contributed by atoms with van der Waals surface area (Å²) in [6, 6.07) is 7.06. The van der Waals surface area contributed by atoms with Crippen LogP contribution in [0.1, 0.15) is 25.3 Å². The first-order valence-electron chi connectivity index (χ1n) is 7.66. The molecule has 2 heterocycles. The summed E-state index contributed by atoms with van der Waals surface area (Å²) in [5.74, 6) is 1.07. The second-order valence-corrected chi connectivity index (χ2v) is 6.68. The molecule has 1 unspecified atom stereocenters. The molecule has 1 aromatic carbocycles. The molecular formula is C16H23BrN2O. The third-order valence-corrected chi connectivity index (χ3v) is 4.93.